The smallest absolute Gasteiger partial charge is 0.127 e. The van der Waals surface area contributed by atoms with E-state index in [0.29, 0.717) is 0 Å². The molecule has 0 atom stereocenters. The van der Waals surface area contributed by atoms with Gasteiger partial charge in [-0.05, 0) is 49.7 Å². The molecule has 20 heavy (non-hydrogen) atoms. The molecule has 0 aliphatic rings. The molecule has 2 aromatic rings. The predicted octanol–water partition coefficient (Wildman–Crippen LogP) is 5.33. The van der Waals surface area contributed by atoms with Crippen LogP contribution in [-0.4, -0.2) is 0 Å². The molecular formula is C19H20O. The zero-order chi connectivity index (χ0) is 14.2. The second-order valence-electron chi connectivity index (χ2n) is 4.84. The highest BCUT2D eigenvalue weighted by Gasteiger charge is 1.96. The molecule has 2 rings (SSSR count). The molecule has 0 unspecified atom stereocenters. The van der Waals surface area contributed by atoms with Gasteiger partial charge >= 0.3 is 0 Å². The van der Waals surface area contributed by atoms with Crippen molar-refractivity contribution in [2.45, 2.75) is 33.1 Å². The van der Waals surface area contributed by atoms with Gasteiger partial charge in [0.05, 0.1) is 0 Å². The van der Waals surface area contributed by atoms with Crippen molar-refractivity contribution in [2.75, 3.05) is 0 Å². The van der Waals surface area contributed by atoms with Gasteiger partial charge in [-0.3, -0.25) is 0 Å². The van der Waals surface area contributed by atoms with Crippen molar-refractivity contribution in [3.63, 3.8) is 0 Å². The second-order valence-corrected chi connectivity index (χ2v) is 4.84. The SMILES string of the molecule is CCCCC#Cc1ccc(Oc2ccc(C)cc2)cc1. The molecule has 2 aromatic carbocycles. The summed E-state index contributed by atoms with van der Waals surface area (Å²) in [5.41, 5.74) is 2.27. The van der Waals surface area contributed by atoms with Crippen LogP contribution in [0.5, 0.6) is 11.5 Å². The Morgan fingerprint density at radius 2 is 1.50 bits per heavy atom. The normalized spacial score (nSPS) is 9.70. The number of hydrogen-bond donors (Lipinski definition) is 0. The number of benzene rings is 2. The number of hydrogen-bond acceptors (Lipinski definition) is 1. The summed E-state index contributed by atoms with van der Waals surface area (Å²) in [7, 11) is 0. The van der Waals surface area contributed by atoms with Gasteiger partial charge in [0, 0.05) is 12.0 Å². The van der Waals surface area contributed by atoms with E-state index >= 15 is 0 Å². The average molecular weight is 264 g/mol. The maximum Gasteiger partial charge on any atom is 0.127 e. The van der Waals surface area contributed by atoms with Gasteiger partial charge < -0.3 is 4.74 Å². The maximum absolute atomic E-state index is 5.78. The van der Waals surface area contributed by atoms with Crippen LogP contribution in [0.25, 0.3) is 0 Å². The maximum atomic E-state index is 5.78. The second kappa shape index (κ2) is 7.40. The van der Waals surface area contributed by atoms with Crippen LogP contribution in [0, 0.1) is 18.8 Å². The van der Waals surface area contributed by atoms with Gasteiger partial charge in [0.1, 0.15) is 11.5 Å². The van der Waals surface area contributed by atoms with Crippen LogP contribution in [0.15, 0.2) is 48.5 Å². The Hall–Kier alpha value is -2.20. The minimum absolute atomic E-state index is 0.841. The molecule has 0 fully saturated rings. The van der Waals surface area contributed by atoms with E-state index in [9.17, 15) is 0 Å². The van der Waals surface area contributed by atoms with Crippen molar-refractivity contribution in [1.29, 1.82) is 0 Å². The van der Waals surface area contributed by atoms with Gasteiger partial charge in [-0.1, -0.05) is 42.9 Å². The van der Waals surface area contributed by atoms with Gasteiger partial charge in [0.15, 0.2) is 0 Å². The van der Waals surface area contributed by atoms with Crippen molar-refractivity contribution in [2.24, 2.45) is 0 Å². The van der Waals surface area contributed by atoms with Gasteiger partial charge in [0.25, 0.3) is 0 Å². The average Bonchev–Trinajstić information content (AvgIpc) is 2.48. The molecule has 0 heterocycles. The number of aryl methyl sites for hydroxylation is 1. The Kier molecular flexibility index (Phi) is 5.26. The molecule has 0 bridgehead atoms. The highest BCUT2D eigenvalue weighted by molar-refractivity contribution is 5.40. The third kappa shape index (κ3) is 4.48. The van der Waals surface area contributed by atoms with Gasteiger partial charge in [-0.2, -0.15) is 0 Å². The van der Waals surface area contributed by atoms with Crippen LogP contribution >= 0.6 is 0 Å². The highest BCUT2D eigenvalue weighted by Crippen LogP contribution is 2.21. The molecule has 0 spiro atoms. The molecular weight excluding hydrogens is 244 g/mol. The van der Waals surface area contributed by atoms with Crippen LogP contribution < -0.4 is 4.74 Å². The van der Waals surface area contributed by atoms with Crippen molar-refractivity contribution in [1.82, 2.24) is 0 Å². The summed E-state index contributed by atoms with van der Waals surface area (Å²) in [6, 6.07) is 16.0. The molecule has 0 aromatic heterocycles. The zero-order valence-corrected chi connectivity index (χ0v) is 12.1. The van der Waals surface area contributed by atoms with Gasteiger partial charge in [-0.15, -0.1) is 0 Å². The zero-order valence-electron chi connectivity index (χ0n) is 12.1. The molecule has 0 amide bonds. The van der Waals surface area contributed by atoms with Gasteiger partial charge in [0.2, 0.25) is 0 Å². The minimum Gasteiger partial charge on any atom is -0.457 e. The highest BCUT2D eigenvalue weighted by atomic mass is 16.5. The number of unbranched alkanes of at least 4 members (excludes halogenated alkanes) is 2. The number of ether oxygens (including phenoxy) is 1. The van der Waals surface area contributed by atoms with E-state index in [-0.39, 0.29) is 0 Å². The Bertz CT molecular complexity index is 582. The quantitative estimate of drug-likeness (QED) is 0.535. The Labute approximate surface area is 121 Å². The summed E-state index contributed by atoms with van der Waals surface area (Å²) in [6.45, 7) is 4.24. The third-order valence-electron chi connectivity index (χ3n) is 3.00. The van der Waals surface area contributed by atoms with Crippen LogP contribution in [0.1, 0.15) is 37.3 Å². The summed E-state index contributed by atoms with van der Waals surface area (Å²) in [5.74, 6) is 8.06. The summed E-state index contributed by atoms with van der Waals surface area (Å²) < 4.78 is 5.78. The number of rotatable bonds is 4. The molecule has 1 heteroatoms. The predicted molar refractivity (Wildman–Crippen MR) is 84.1 cm³/mol. The summed E-state index contributed by atoms with van der Waals surface area (Å²) in [6.07, 6.45) is 3.33. The van der Waals surface area contributed by atoms with Crippen molar-refractivity contribution in [3.05, 3.63) is 59.7 Å². The van der Waals surface area contributed by atoms with E-state index < -0.39 is 0 Å². The standard InChI is InChI=1S/C19H20O/c1-3-4-5-6-7-17-10-14-19(15-11-17)20-18-12-8-16(2)9-13-18/h8-15H,3-5H2,1-2H3. The Morgan fingerprint density at radius 1 is 0.900 bits per heavy atom. The van der Waals surface area contributed by atoms with Gasteiger partial charge in [-0.25, -0.2) is 0 Å². The van der Waals surface area contributed by atoms with Crippen LogP contribution in [0.2, 0.25) is 0 Å². The summed E-state index contributed by atoms with van der Waals surface area (Å²) in [5, 5.41) is 0. The fourth-order valence-corrected chi connectivity index (χ4v) is 1.78. The largest absolute Gasteiger partial charge is 0.457 e. The monoisotopic (exact) mass is 264 g/mol. The molecule has 0 radical (unpaired) electrons. The first kappa shape index (κ1) is 14.2. The third-order valence-corrected chi connectivity index (χ3v) is 3.00. The molecule has 0 saturated heterocycles. The van der Waals surface area contributed by atoms with Crippen molar-refractivity contribution < 1.29 is 4.74 Å². The first-order valence-electron chi connectivity index (χ1n) is 7.11. The van der Waals surface area contributed by atoms with E-state index in [0.717, 1.165) is 23.5 Å². The van der Waals surface area contributed by atoms with E-state index in [2.05, 4.69) is 25.7 Å². The Morgan fingerprint density at radius 3 is 2.10 bits per heavy atom. The minimum atomic E-state index is 0.841. The molecule has 0 aliphatic heterocycles. The fourth-order valence-electron chi connectivity index (χ4n) is 1.78. The van der Waals surface area contributed by atoms with Crippen molar-refractivity contribution in [3.8, 4) is 23.3 Å². The molecule has 0 aliphatic carbocycles. The van der Waals surface area contributed by atoms with E-state index in [4.69, 9.17) is 4.74 Å². The first-order valence-corrected chi connectivity index (χ1v) is 7.11. The topological polar surface area (TPSA) is 9.23 Å². The lowest BCUT2D eigenvalue weighted by atomic mass is 10.2. The van der Waals surface area contributed by atoms with E-state index in [1.165, 1.54) is 18.4 Å². The van der Waals surface area contributed by atoms with Crippen LogP contribution in [0.3, 0.4) is 0 Å². The Balaban J connectivity index is 1.97. The molecule has 0 saturated carbocycles. The van der Waals surface area contributed by atoms with E-state index in [1.807, 2.05) is 48.5 Å². The first-order chi connectivity index (χ1) is 9.78. The van der Waals surface area contributed by atoms with Crippen LogP contribution in [-0.2, 0) is 0 Å². The molecule has 0 N–H and O–H groups in total. The summed E-state index contributed by atoms with van der Waals surface area (Å²) >= 11 is 0. The lowest BCUT2D eigenvalue weighted by Gasteiger charge is -2.05. The van der Waals surface area contributed by atoms with Crippen LogP contribution in [0.4, 0.5) is 0 Å². The molecule has 1 nitrogen and oxygen atoms in total. The lowest BCUT2D eigenvalue weighted by molar-refractivity contribution is 0.482. The summed E-state index contributed by atoms with van der Waals surface area (Å²) in [4.78, 5) is 0. The van der Waals surface area contributed by atoms with E-state index in [1.54, 1.807) is 0 Å². The van der Waals surface area contributed by atoms with Crippen molar-refractivity contribution >= 4 is 0 Å². The fraction of sp³-hybridized carbons (Fsp3) is 0.263. The lowest BCUT2D eigenvalue weighted by Crippen LogP contribution is -1.84. The molecule has 102 valence electrons.